The molecule has 3 heteroatoms. The van der Waals surface area contributed by atoms with Crippen LogP contribution in [0.5, 0.6) is 0 Å². The molecule has 0 spiro atoms. The van der Waals surface area contributed by atoms with Crippen LogP contribution < -0.4 is 16.4 Å². The van der Waals surface area contributed by atoms with Crippen LogP contribution in [0, 0.1) is 0 Å². The molecular weight excluding hydrogens is 687 g/mol. The van der Waals surface area contributed by atoms with Gasteiger partial charge in [0.05, 0.1) is 22.1 Å². The van der Waals surface area contributed by atoms with Gasteiger partial charge in [0.1, 0.15) is 0 Å². The van der Waals surface area contributed by atoms with E-state index in [-0.39, 0.29) is 12.1 Å². The average Bonchev–Trinajstić information content (AvgIpc) is 3.69. The second-order valence-corrected chi connectivity index (χ2v) is 18.0. The van der Waals surface area contributed by atoms with E-state index >= 15 is 0 Å². The first-order chi connectivity index (χ1) is 28.0. The molecule has 0 amide bonds. The Kier molecular flexibility index (Phi) is 4.86. The molecule has 2 aromatic heterocycles. The minimum absolute atomic E-state index is 0.0637. The molecule has 11 aromatic rings. The minimum atomic E-state index is -0.0637. The summed E-state index contributed by atoms with van der Waals surface area (Å²) < 4.78 is 5.33. The molecule has 0 saturated heterocycles. The first-order valence-corrected chi connectivity index (χ1v) is 20.4. The molecule has 4 heterocycles. The Morgan fingerprint density at radius 2 is 0.754 bits per heavy atom. The molecule has 2 nitrogen and oxygen atoms in total. The zero-order chi connectivity index (χ0) is 37.2. The number of aromatic nitrogens is 2. The Morgan fingerprint density at radius 3 is 1.16 bits per heavy atom. The molecule has 262 valence electrons. The molecule has 2 aliphatic carbocycles. The quantitative estimate of drug-likeness (QED) is 0.138. The van der Waals surface area contributed by atoms with E-state index in [9.17, 15) is 0 Å². The lowest BCUT2D eigenvalue weighted by molar-refractivity contribution is 0.589. The van der Waals surface area contributed by atoms with Gasteiger partial charge in [0.2, 0.25) is 0 Å². The van der Waals surface area contributed by atoms with Gasteiger partial charge in [-0.25, -0.2) is 0 Å². The topological polar surface area (TPSA) is 9.86 Å². The summed E-state index contributed by atoms with van der Waals surface area (Å²) >= 11 is 0. The summed E-state index contributed by atoms with van der Waals surface area (Å²) in [5.74, 6) is 0. The lowest BCUT2D eigenvalue weighted by Gasteiger charge is -2.36. The zero-order valence-corrected chi connectivity index (χ0v) is 31.8. The fraction of sp³-hybridized carbons (Fsp3) is 0.0741. The second-order valence-electron chi connectivity index (χ2n) is 18.0. The summed E-state index contributed by atoms with van der Waals surface area (Å²) in [6.07, 6.45) is 0. The van der Waals surface area contributed by atoms with Crippen LogP contribution in [-0.2, 0) is 5.41 Å². The van der Waals surface area contributed by atoms with Gasteiger partial charge < -0.3 is 9.13 Å². The Balaban J connectivity index is 1.17. The summed E-state index contributed by atoms with van der Waals surface area (Å²) in [5.41, 5.74) is 24.1. The van der Waals surface area contributed by atoms with Crippen LogP contribution in [0.4, 0.5) is 0 Å². The molecule has 0 bridgehead atoms. The van der Waals surface area contributed by atoms with E-state index in [4.69, 9.17) is 0 Å². The largest absolute Gasteiger partial charge is 0.310 e. The van der Waals surface area contributed by atoms with Gasteiger partial charge in [0.25, 0.3) is 6.71 Å². The highest BCUT2D eigenvalue weighted by molar-refractivity contribution is 7.00. The first kappa shape index (κ1) is 29.5. The van der Waals surface area contributed by atoms with Crippen molar-refractivity contribution < 1.29 is 0 Å². The molecule has 0 radical (unpaired) electrons. The van der Waals surface area contributed by atoms with Crippen LogP contribution in [0.15, 0.2) is 146 Å². The number of hydrogen-bond donors (Lipinski definition) is 0. The third-order valence-electron chi connectivity index (χ3n) is 14.3. The Hall–Kier alpha value is -6.84. The van der Waals surface area contributed by atoms with Crippen molar-refractivity contribution in [2.75, 3.05) is 0 Å². The number of fused-ring (bicyclic) bond motifs is 10. The van der Waals surface area contributed by atoms with E-state index in [0.717, 1.165) is 0 Å². The van der Waals surface area contributed by atoms with E-state index in [1.54, 1.807) is 0 Å². The van der Waals surface area contributed by atoms with E-state index in [2.05, 4.69) is 175 Å². The monoisotopic (exact) mass is 720 g/mol. The summed E-state index contributed by atoms with van der Waals surface area (Å²) in [6, 6.07) is 56.5. The van der Waals surface area contributed by atoms with Gasteiger partial charge in [-0.15, -0.1) is 0 Å². The Labute approximate surface area is 329 Å². The van der Waals surface area contributed by atoms with Crippen molar-refractivity contribution >= 4 is 88.3 Å². The third-order valence-corrected chi connectivity index (χ3v) is 14.3. The van der Waals surface area contributed by atoms with Crippen molar-refractivity contribution in [3.05, 3.63) is 151 Å². The molecule has 0 unspecified atom stereocenters. The van der Waals surface area contributed by atoms with Gasteiger partial charge in [0.15, 0.2) is 0 Å². The SMILES string of the molecule is CC(C)(C)c1cc2c3c(c1)-n1c4cccc5c4c4c(ccc(c41)B3c1ccc3c4c6c(cccc6n-2c14)-c1cccc2cccc-3c12)-c1cccc2cccc-5c12. The molecule has 57 heavy (non-hydrogen) atoms. The predicted octanol–water partition coefficient (Wildman–Crippen LogP) is 11.9. The molecule has 4 aliphatic rings. The van der Waals surface area contributed by atoms with Gasteiger partial charge in [-0.2, -0.15) is 0 Å². The van der Waals surface area contributed by atoms with E-state index < -0.39 is 0 Å². The van der Waals surface area contributed by atoms with Gasteiger partial charge in [-0.3, -0.25) is 0 Å². The van der Waals surface area contributed by atoms with Crippen molar-refractivity contribution in [3.63, 3.8) is 0 Å². The van der Waals surface area contributed by atoms with E-state index in [1.165, 1.54) is 143 Å². The first-order valence-electron chi connectivity index (χ1n) is 20.4. The van der Waals surface area contributed by atoms with Crippen LogP contribution >= 0.6 is 0 Å². The van der Waals surface area contributed by atoms with Gasteiger partial charge in [-0.05, 0) is 118 Å². The standard InChI is InChI=1S/C54H33BN2/c1-54(2,3)30-26-43-51-44(27-30)57-42-21-9-19-36-32-15-5-11-29-13-7-17-34(46(29)32)38-23-25-40(53(57)50(38)48(36)42)55(51)39-24-22-37-33-16-6-12-28-10-4-14-31(45(28)33)35-18-8-20-41-47(35)49(37)52(39)56(41)43/h4-27H,1-3H3. The van der Waals surface area contributed by atoms with Crippen molar-refractivity contribution in [2.24, 2.45) is 0 Å². The number of nitrogens with zero attached hydrogens (tertiary/aromatic N) is 2. The number of rotatable bonds is 0. The normalized spacial score (nSPS) is 13.8. The molecule has 0 fully saturated rings. The fourth-order valence-electron chi connectivity index (χ4n) is 12.1. The maximum absolute atomic E-state index is 2.67. The highest BCUT2D eigenvalue weighted by Crippen LogP contribution is 2.53. The number of hydrogen-bond acceptors (Lipinski definition) is 0. The Morgan fingerprint density at radius 1 is 0.386 bits per heavy atom. The molecule has 15 rings (SSSR count). The molecule has 0 saturated carbocycles. The summed E-state index contributed by atoms with van der Waals surface area (Å²) in [6.45, 7) is 7.20. The lowest BCUT2D eigenvalue weighted by atomic mass is 9.34. The average molecular weight is 721 g/mol. The lowest BCUT2D eigenvalue weighted by Crippen LogP contribution is -2.59. The number of benzene rings is 9. The van der Waals surface area contributed by atoms with Crippen LogP contribution in [0.2, 0.25) is 0 Å². The van der Waals surface area contributed by atoms with Crippen LogP contribution in [0.25, 0.3) is 121 Å². The van der Waals surface area contributed by atoms with E-state index in [0.29, 0.717) is 0 Å². The molecule has 9 aromatic carbocycles. The predicted molar refractivity (Wildman–Crippen MR) is 242 cm³/mol. The van der Waals surface area contributed by atoms with Crippen molar-refractivity contribution in [3.8, 4) is 55.9 Å². The molecule has 0 atom stereocenters. The van der Waals surface area contributed by atoms with Crippen molar-refractivity contribution in [1.29, 1.82) is 0 Å². The fourth-order valence-corrected chi connectivity index (χ4v) is 12.1. The van der Waals surface area contributed by atoms with Gasteiger partial charge in [0, 0.05) is 32.9 Å². The van der Waals surface area contributed by atoms with Gasteiger partial charge >= 0.3 is 0 Å². The van der Waals surface area contributed by atoms with Crippen LogP contribution in [0.1, 0.15) is 26.3 Å². The highest BCUT2D eigenvalue weighted by atomic mass is 15.0. The maximum atomic E-state index is 2.67. The van der Waals surface area contributed by atoms with Gasteiger partial charge in [-0.1, -0.05) is 142 Å². The van der Waals surface area contributed by atoms with Crippen molar-refractivity contribution in [1.82, 2.24) is 9.13 Å². The van der Waals surface area contributed by atoms with Crippen LogP contribution in [-0.4, -0.2) is 15.8 Å². The van der Waals surface area contributed by atoms with Crippen LogP contribution in [0.3, 0.4) is 0 Å². The molecular formula is C54H33BN2. The molecule has 0 N–H and O–H groups in total. The van der Waals surface area contributed by atoms with E-state index in [1.807, 2.05) is 0 Å². The highest BCUT2D eigenvalue weighted by Gasteiger charge is 2.43. The second kappa shape index (κ2) is 9.40. The smallest absolute Gasteiger partial charge is 0.252 e. The Bertz CT molecular complexity index is 3540. The van der Waals surface area contributed by atoms with Crippen molar-refractivity contribution in [2.45, 2.75) is 26.2 Å². The summed E-state index contributed by atoms with van der Waals surface area (Å²) in [5, 5.41) is 10.8. The maximum Gasteiger partial charge on any atom is 0.252 e. The summed E-state index contributed by atoms with van der Waals surface area (Å²) in [4.78, 5) is 0. The molecule has 2 aliphatic heterocycles. The zero-order valence-electron chi connectivity index (χ0n) is 31.8. The third kappa shape index (κ3) is 3.19. The minimum Gasteiger partial charge on any atom is -0.310 e. The summed E-state index contributed by atoms with van der Waals surface area (Å²) in [7, 11) is 0.